The molecule has 1 aromatic rings. The Labute approximate surface area is 174 Å². The highest BCUT2D eigenvalue weighted by Crippen LogP contribution is 2.26. The molecule has 8 heteroatoms. The van der Waals surface area contributed by atoms with Gasteiger partial charge in [-0.05, 0) is 63.4 Å². The second-order valence-electron chi connectivity index (χ2n) is 8.27. The molecule has 1 N–H and O–H groups in total. The minimum atomic E-state index is -3.27. The van der Waals surface area contributed by atoms with Gasteiger partial charge in [-0.3, -0.25) is 4.79 Å². The molecule has 29 heavy (non-hydrogen) atoms. The molecule has 0 atom stereocenters. The summed E-state index contributed by atoms with van der Waals surface area (Å²) in [5, 5.41) is 3.05. The topological polar surface area (TPSA) is 79.0 Å². The van der Waals surface area contributed by atoms with E-state index in [1.54, 1.807) is 0 Å². The fourth-order valence-electron chi connectivity index (χ4n) is 3.97. The van der Waals surface area contributed by atoms with E-state index >= 15 is 0 Å². The van der Waals surface area contributed by atoms with Crippen molar-refractivity contribution in [2.24, 2.45) is 5.92 Å². The van der Waals surface area contributed by atoms with Crippen molar-refractivity contribution in [3.05, 3.63) is 29.3 Å². The van der Waals surface area contributed by atoms with Crippen LogP contribution in [0.5, 0.6) is 5.75 Å². The number of fused-ring (bicyclic) bond motifs is 1. The second kappa shape index (κ2) is 9.91. The third kappa shape index (κ3) is 6.69. The first-order chi connectivity index (χ1) is 13.8. The third-order valence-electron chi connectivity index (χ3n) is 5.89. The van der Waals surface area contributed by atoms with E-state index in [-0.39, 0.29) is 5.91 Å². The number of carbonyl (C=O) groups is 1. The fourth-order valence-corrected chi connectivity index (χ4v) is 4.75. The van der Waals surface area contributed by atoms with Crippen LogP contribution in [0.4, 0.5) is 0 Å². The molecule has 2 aliphatic rings. The van der Waals surface area contributed by atoms with Gasteiger partial charge in [0.15, 0.2) is 0 Å². The highest BCUT2D eigenvalue weighted by Gasteiger charge is 2.22. The molecular formula is C21H33N3O4S. The number of amides is 1. The maximum absolute atomic E-state index is 12.2. The van der Waals surface area contributed by atoms with Gasteiger partial charge in [-0.25, -0.2) is 8.42 Å². The van der Waals surface area contributed by atoms with E-state index in [0.717, 1.165) is 42.9 Å². The Bertz CT molecular complexity index is 804. The molecule has 2 aliphatic heterocycles. The molecule has 1 aromatic carbocycles. The molecule has 0 saturated carbocycles. The van der Waals surface area contributed by atoms with Crippen LogP contribution in [-0.2, 0) is 27.8 Å². The van der Waals surface area contributed by atoms with Gasteiger partial charge < -0.3 is 15.0 Å². The van der Waals surface area contributed by atoms with E-state index < -0.39 is 10.0 Å². The summed E-state index contributed by atoms with van der Waals surface area (Å²) in [5.74, 6) is 1.51. The van der Waals surface area contributed by atoms with Crippen molar-refractivity contribution < 1.29 is 17.9 Å². The molecule has 162 valence electrons. The zero-order valence-corrected chi connectivity index (χ0v) is 18.3. The van der Waals surface area contributed by atoms with Crippen molar-refractivity contribution in [3.63, 3.8) is 0 Å². The summed E-state index contributed by atoms with van der Waals surface area (Å²) in [6.45, 7) is 4.05. The first-order valence-corrected chi connectivity index (χ1v) is 12.3. The Balaban J connectivity index is 1.46. The number of carbonyl (C=O) groups excluding carboxylic acids is 1. The van der Waals surface area contributed by atoms with Crippen LogP contribution >= 0.6 is 0 Å². The standard InChI is InChI=1S/C21H33N3O4S/c1-23-11-8-17(9-12-23)7-10-22-21(25)6-4-18-3-5-20-19(15-18)16-24(13-14-28-20)29(2,26)27/h3,5,15,17H,4,6-14,16H2,1-2H3,(H,22,25). The lowest BCUT2D eigenvalue weighted by atomic mass is 9.94. The number of piperidine rings is 1. The first kappa shape index (κ1) is 22.1. The average Bonchev–Trinajstić information content (AvgIpc) is 2.90. The van der Waals surface area contributed by atoms with E-state index in [9.17, 15) is 13.2 Å². The summed E-state index contributed by atoms with van der Waals surface area (Å²) in [4.78, 5) is 14.6. The highest BCUT2D eigenvalue weighted by atomic mass is 32.2. The van der Waals surface area contributed by atoms with Crippen molar-refractivity contribution in [2.45, 2.75) is 38.6 Å². The Morgan fingerprint density at radius 2 is 2.00 bits per heavy atom. The van der Waals surface area contributed by atoms with E-state index in [4.69, 9.17) is 4.74 Å². The van der Waals surface area contributed by atoms with Gasteiger partial charge in [0.2, 0.25) is 15.9 Å². The van der Waals surface area contributed by atoms with Crippen molar-refractivity contribution in [1.82, 2.24) is 14.5 Å². The molecule has 1 amide bonds. The number of nitrogens with zero attached hydrogens (tertiary/aromatic N) is 2. The van der Waals surface area contributed by atoms with Gasteiger partial charge in [-0.1, -0.05) is 12.1 Å². The van der Waals surface area contributed by atoms with Gasteiger partial charge in [-0.2, -0.15) is 4.31 Å². The Kier molecular flexibility index (Phi) is 7.54. The van der Waals surface area contributed by atoms with Gasteiger partial charge >= 0.3 is 0 Å². The predicted molar refractivity (Wildman–Crippen MR) is 113 cm³/mol. The highest BCUT2D eigenvalue weighted by molar-refractivity contribution is 7.88. The molecule has 1 saturated heterocycles. The largest absolute Gasteiger partial charge is 0.492 e. The van der Waals surface area contributed by atoms with Crippen LogP contribution in [-0.4, -0.2) is 69.6 Å². The average molecular weight is 424 g/mol. The van der Waals surface area contributed by atoms with Crippen LogP contribution in [0.2, 0.25) is 0 Å². The van der Waals surface area contributed by atoms with Crippen molar-refractivity contribution in [1.29, 1.82) is 0 Å². The molecule has 0 aromatic heterocycles. The van der Waals surface area contributed by atoms with Crippen LogP contribution < -0.4 is 10.1 Å². The first-order valence-electron chi connectivity index (χ1n) is 10.5. The lowest BCUT2D eigenvalue weighted by molar-refractivity contribution is -0.121. The zero-order chi connectivity index (χ0) is 20.9. The summed E-state index contributed by atoms with van der Waals surface area (Å²) in [6.07, 6.45) is 5.77. The van der Waals surface area contributed by atoms with Crippen LogP contribution in [0.1, 0.15) is 36.8 Å². The Morgan fingerprint density at radius 3 is 2.72 bits per heavy atom. The molecule has 0 bridgehead atoms. The number of sulfonamides is 1. The van der Waals surface area contributed by atoms with E-state index in [1.807, 2.05) is 18.2 Å². The summed E-state index contributed by atoms with van der Waals surface area (Å²) in [6, 6.07) is 5.81. The van der Waals surface area contributed by atoms with E-state index in [0.29, 0.717) is 38.5 Å². The molecule has 1 fully saturated rings. The number of hydrogen-bond donors (Lipinski definition) is 1. The SMILES string of the molecule is CN1CCC(CCNC(=O)CCc2ccc3c(c2)CN(S(C)(=O)=O)CCO3)CC1. The lowest BCUT2D eigenvalue weighted by Gasteiger charge is -2.28. The van der Waals surface area contributed by atoms with Crippen molar-refractivity contribution >= 4 is 15.9 Å². The van der Waals surface area contributed by atoms with Gasteiger partial charge in [0.1, 0.15) is 12.4 Å². The van der Waals surface area contributed by atoms with Crippen LogP contribution in [0.3, 0.4) is 0 Å². The van der Waals surface area contributed by atoms with Gasteiger partial charge in [0.25, 0.3) is 0 Å². The smallest absolute Gasteiger partial charge is 0.220 e. The summed E-state index contributed by atoms with van der Waals surface area (Å²) in [7, 11) is -1.11. The van der Waals surface area contributed by atoms with Gasteiger partial charge in [0.05, 0.1) is 6.26 Å². The number of likely N-dealkylation sites (tertiary alicyclic amines) is 1. The molecule has 3 rings (SSSR count). The van der Waals surface area contributed by atoms with Gasteiger partial charge in [-0.15, -0.1) is 0 Å². The normalized spacial score (nSPS) is 19.2. The fraction of sp³-hybridized carbons (Fsp3) is 0.667. The number of aryl methyl sites for hydroxylation is 1. The molecule has 0 radical (unpaired) electrons. The summed E-state index contributed by atoms with van der Waals surface area (Å²) in [5.41, 5.74) is 1.88. The van der Waals surface area contributed by atoms with Crippen LogP contribution in [0.15, 0.2) is 18.2 Å². The molecule has 7 nitrogen and oxygen atoms in total. The molecule has 0 aliphatic carbocycles. The minimum absolute atomic E-state index is 0.0712. The molecule has 0 spiro atoms. The van der Waals surface area contributed by atoms with Crippen molar-refractivity contribution in [2.75, 3.05) is 46.1 Å². The van der Waals surface area contributed by atoms with Crippen molar-refractivity contribution in [3.8, 4) is 5.75 Å². The maximum Gasteiger partial charge on any atom is 0.220 e. The Hall–Kier alpha value is -1.64. The Morgan fingerprint density at radius 1 is 1.24 bits per heavy atom. The second-order valence-corrected chi connectivity index (χ2v) is 10.3. The predicted octanol–water partition coefficient (Wildman–Crippen LogP) is 1.62. The quantitative estimate of drug-likeness (QED) is 0.721. The number of rotatable bonds is 7. The minimum Gasteiger partial charge on any atom is -0.492 e. The number of hydrogen-bond acceptors (Lipinski definition) is 5. The monoisotopic (exact) mass is 423 g/mol. The lowest BCUT2D eigenvalue weighted by Crippen LogP contribution is -2.32. The molecular weight excluding hydrogens is 390 g/mol. The number of ether oxygens (including phenoxy) is 1. The number of nitrogens with one attached hydrogen (secondary N) is 1. The van der Waals surface area contributed by atoms with E-state index in [1.165, 1.54) is 23.4 Å². The molecule has 0 unspecified atom stereocenters. The summed E-state index contributed by atoms with van der Waals surface area (Å²) < 4.78 is 30.9. The van der Waals surface area contributed by atoms with Crippen LogP contribution in [0, 0.1) is 5.92 Å². The third-order valence-corrected chi connectivity index (χ3v) is 7.14. The zero-order valence-electron chi connectivity index (χ0n) is 17.5. The molecule has 2 heterocycles. The summed E-state index contributed by atoms with van der Waals surface area (Å²) >= 11 is 0. The maximum atomic E-state index is 12.2. The van der Waals surface area contributed by atoms with Gasteiger partial charge in [0, 0.05) is 31.6 Å². The van der Waals surface area contributed by atoms with Crippen LogP contribution in [0.25, 0.3) is 0 Å². The number of benzene rings is 1. The van der Waals surface area contributed by atoms with E-state index in [2.05, 4.69) is 17.3 Å².